The molecule has 1 heterocycles. The molecule has 0 bridgehead atoms. The van der Waals surface area contributed by atoms with Crippen molar-refractivity contribution in [3.8, 4) is 0 Å². The Kier molecular flexibility index (Phi) is 3.69. The van der Waals surface area contributed by atoms with Crippen molar-refractivity contribution < 1.29 is 4.39 Å². The molecular formula is C15H18FN3. The normalized spacial score (nSPS) is 10.5. The molecule has 0 radical (unpaired) electrons. The van der Waals surface area contributed by atoms with Crippen LogP contribution in [-0.4, -0.2) is 12.0 Å². The standard InChI is InChI=1S/C15H18FN3/c1-4-12-6-5-7-15(18-12)19(3)14-9-11(16)8-13(17)10(14)2/h5-9H,4,17H2,1-3H3. The molecule has 0 aliphatic heterocycles. The van der Waals surface area contributed by atoms with E-state index in [4.69, 9.17) is 5.73 Å². The molecule has 3 nitrogen and oxygen atoms in total. The monoisotopic (exact) mass is 259 g/mol. The van der Waals surface area contributed by atoms with Crippen LogP contribution in [0.1, 0.15) is 18.2 Å². The van der Waals surface area contributed by atoms with Crippen LogP contribution < -0.4 is 10.6 Å². The largest absolute Gasteiger partial charge is 0.398 e. The predicted octanol–water partition coefficient (Wildman–Crippen LogP) is 3.44. The van der Waals surface area contributed by atoms with Gasteiger partial charge in [0.1, 0.15) is 11.6 Å². The van der Waals surface area contributed by atoms with E-state index < -0.39 is 0 Å². The Labute approximate surface area is 112 Å². The molecule has 1 aromatic heterocycles. The van der Waals surface area contributed by atoms with Gasteiger partial charge in [-0.2, -0.15) is 0 Å². The van der Waals surface area contributed by atoms with Crippen LogP contribution in [0, 0.1) is 12.7 Å². The summed E-state index contributed by atoms with van der Waals surface area (Å²) >= 11 is 0. The average Bonchev–Trinajstić information content (AvgIpc) is 2.42. The van der Waals surface area contributed by atoms with Crippen molar-refractivity contribution in [3.05, 3.63) is 47.4 Å². The second kappa shape index (κ2) is 5.26. The first-order valence-corrected chi connectivity index (χ1v) is 6.28. The molecule has 2 rings (SSSR count). The molecule has 4 heteroatoms. The van der Waals surface area contributed by atoms with Crippen LogP contribution in [0.25, 0.3) is 0 Å². The number of hydrogen-bond donors (Lipinski definition) is 1. The van der Waals surface area contributed by atoms with Crippen LogP contribution >= 0.6 is 0 Å². The SMILES string of the molecule is CCc1cccc(N(C)c2cc(F)cc(N)c2C)n1. The summed E-state index contributed by atoms with van der Waals surface area (Å²) in [6.45, 7) is 3.93. The number of halogens is 1. The lowest BCUT2D eigenvalue weighted by Gasteiger charge is -2.22. The van der Waals surface area contributed by atoms with Crippen LogP contribution in [0.4, 0.5) is 21.6 Å². The maximum absolute atomic E-state index is 13.5. The van der Waals surface area contributed by atoms with Crippen LogP contribution in [0.5, 0.6) is 0 Å². The smallest absolute Gasteiger partial charge is 0.132 e. The second-order valence-electron chi connectivity index (χ2n) is 4.54. The minimum Gasteiger partial charge on any atom is -0.398 e. The average molecular weight is 259 g/mol. The van der Waals surface area contributed by atoms with Gasteiger partial charge in [-0.25, -0.2) is 9.37 Å². The Morgan fingerprint density at radius 2 is 2.05 bits per heavy atom. The highest BCUT2D eigenvalue weighted by Gasteiger charge is 2.12. The number of benzene rings is 1. The molecule has 0 fully saturated rings. The van der Waals surface area contributed by atoms with Gasteiger partial charge in [0.05, 0.1) is 0 Å². The number of aromatic nitrogens is 1. The number of nitrogens with zero attached hydrogens (tertiary/aromatic N) is 2. The van der Waals surface area contributed by atoms with E-state index >= 15 is 0 Å². The van der Waals surface area contributed by atoms with E-state index in [1.165, 1.54) is 12.1 Å². The number of rotatable bonds is 3. The van der Waals surface area contributed by atoms with E-state index in [9.17, 15) is 4.39 Å². The first-order valence-electron chi connectivity index (χ1n) is 6.28. The number of nitrogens with two attached hydrogens (primary N) is 1. The minimum absolute atomic E-state index is 0.336. The van der Waals surface area contributed by atoms with E-state index in [1.54, 1.807) is 0 Å². The summed E-state index contributed by atoms with van der Waals surface area (Å²) in [5, 5.41) is 0. The van der Waals surface area contributed by atoms with Crippen molar-refractivity contribution in [2.24, 2.45) is 0 Å². The highest BCUT2D eigenvalue weighted by Crippen LogP contribution is 2.30. The zero-order chi connectivity index (χ0) is 14.0. The molecule has 0 amide bonds. The maximum atomic E-state index is 13.5. The third kappa shape index (κ3) is 2.67. The van der Waals surface area contributed by atoms with Gasteiger partial charge in [-0.3, -0.25) is 0 Å². The third-order valence-electron chi connectivity index (χ3n) is 3.24. The van der Waals surface area contributed by atoms with Crippen LogP contribution in [0.15, 0.2) is 30.3 Å². The molecule has 0 atom stereocenters. The van der Waals surface area contributed by atoms with Gasteiger partial charge >= 0.3 is 0 Å². The quantitative estimate of drug-likeness (QED) is 0.858. The first-order chi connectivity index (χ1) is 9.02. The Balaban J connectivity index is 2.46. The number of pyridine rings is 1. The van der Waals surface area contributed by atoms with E-state index in [1.807, 2.05) is 37.1 Å². The molecule has 0 saturated carbocycles. The van der Waals surface area contributed by atoms with Gasteiger partial charge in [-0.05, 0) is 43.2 Å². The van der Waals surface area contributed by atoms with E-state index in [0.29, 0.717) is 5.69 Å². The minimum atomic E-state index is -0.336. The summed E-state index contributed by atoms with van der Waals surface area (Å²) < 4.78 is 13.5. The molecule has 0 spiro atoms. The molecule has 2 aromatic rings. The molecule has 1 aromatic carbocycles. The zero-order valence-corrected chi connectivity index (χ0v) is 11.4. The number of aryl methyl sites for hydroxylation is 1. The van der Waals surface area contributed by atoms with Crippen molar-refractivity contribution >= 4 is 17.2 Å². The maximum Gasteiger partial charge on any atom is 0.132 e. The lowest BCUT2D eigenvalue weighted by molar-refractivity contribution is 0.628. The van der Waals surface area contributed by atoms with Crippen molar-refractivity contribution in [1.82, 2.24) is 4.98 Å². The molecule has 0 unspecified atom stereocenters. The summed E-state index contributed by atoms with van der Waals surface area (Å²) in [7, 11) is 1.86. The number of hydrogen-bond acceptors (Lipinski definition) is 3. The highest BCUT2D eigenvalue weighted by atomic mass is 19.1. The lowest BCUT2D eigenvalue weighted by atomic mass is 10.1. The fourth-order valence-corrected chi connectivity index (χ4v) is 2.01. The number of nitrogen functional groups attached to an aromatic ring is 1. The summed E-state index contributed by atoms with van der Waals surface area (Å²) in [5.74, 6) is 0.448. The molecule has 100 valence electrons. The van der Waals surface area contributed by atoms with E-state index in [0.717, 1.165) is 29.2 Å². The van der Waals surface area contributed by atoms with Gasteiger partial charge in [0.25, 0.3) is 0 Å². The Morgan fingerprint density at radius 3 is 2.74 bits per heavy atom. The second-order valence-corrected chi connectivity index (χ2v) is 4.54. The Hall–Kier alpha value is -2.10. The Morgan fingerprint density at radius 1 is 1.32 bits per heavy atom. The van der Waals surface area contributed by atoms with Crippen molar-refractivity contribution in [2.75, 3.05) is 17.7 Å². The molecule has 19 heavy (non-hydrogen) atoms. The van der Waals surface area contributed by atoms with Gasteiger partial charge in [-0.15, -0.1) is 0 Å². The summed E-state index contributed by atoms with van der Waals surface area (Å²) in [6.07, 6.45) is 0.867. The fourth-order valence-electron chi connectivity index (χ4n) is 2.01. The third-order valence-corrected chi connectivity index (χ3v) is 3.24. The van der Waals surface area contributed by atoms with E-state index in [2.05, 4.69) is 11.9 Å². The summed E-state index contributed by atoms with van der Waals surface area (Å²) in [6, 6.07) is 8.65. The zero-order valence-electron chi connectivity index (χ0n) is 11.4. The first kappa shape index (κ1) is 13.3. The summed E-state index contributed by atoms with van der Waals surface area (Å²) in [5.41, 5.74) is 8.85. The van der Waals surface area contributed by atoms with Crippen molar-refractivity contribution in [3.63, 3.8) is 0 Å². The van der Waals surface area contributed by atoms with Crippen LogP contribution in [0.3, 0.4) is 0 Å². The fraction of sp³-hybridized carbons (Fsp3) is 0.267. The van der Waals surface area contributed by atoms with Crippen LogP contribution in [-0.2, 0) is 6.42 Å². The van der Waals surface area contributed by atoms with Crippen molar-refractivity contribution in [1.29, 1.82) is 0 Å². The summed E-state index contributed by atoms with van der Waals surface area (Å²) in [4.78, 5) is 6.39. The predicted molar refractivity (Wildman–Crippen MR) is 77.2 cm³/mol. The topological polar surface area (TPSA) is 42.1 Å². The Bertz CT molecular complexity index is 596. The molecular weight excluding hydrogens is 241 g/mol. The van der Waals surface area contributed by atoms with Crippen LogP contribution in [0.2, 0.25) is 0 Å². The van der Waals surface area contributed by atoms with Gasteiger partial charge in [0, 0.05) is 24.1 Å². The lowest BCUT2D eigenvalue weighted by Crippen LogP contribution is -2.14. The van der Waals surface area contributed by atoms with Gasteiger partial charge < -0.3 is 10.6 Å². The van der Waals surface area contributed by atoms with Gasteiger partial charge in [0.2, 0.25) is 0 Å². The van der Waals surface area contributed by atoms with Crippen molar-refractivity contribution in [2.45, 2.75) is 20.3 Å². The molecule has 0 aliphatic rings. The molecule has 0 saturated heterocycles. The number of anilines is 3. The van der Waals surface area contributed by atoms with Gasteiger partial charge in [0.15, 0.2) is 0 Å². The molecule has 0 aliphatic carbocycles. The molecule has 2 N–H and O–H groups in total. The van der Waals surface area contributed by atoms with Gasteiger partial charge in [-0.1, -0.05) is 13.0 Å². The van der Waals surface area contributed by atoms with E-state index in [-0.39, 0.29) is 5.82 Å². The highest BCUT2D eigenvalue weighted by molar-refractivity contribution is 5.69.